The number of aliphatic hydroxyl groups excluding tert-OH is 1. The van der Waals surface area contributed by atoms with Crippen molar-refractivity contribution in [3.8, 4) is 17.0 Å². The first kappa shape index (κ1) is 26.9. The molecule has 5 heterocycles. The molecule has 4 aromatic rings. The van der Waals surface area contributed by atoms with Crippen LogP contribution in [0.15, 0.2) is 53.9 Å². The minimum Gasteiger partial charge on any atom is -0.434 e. The fourth-order valence-electron chi connectivity index (χ4n) is 4.62. The molecule has 2 aliphatic heterocycles. The largest absolute Gasteiger partial charge is 0.434 e. The van der Waals surface area contributed by atoms with Gasteiger partial charge in [-0.2, -0.15) is 19.0 Å². The van der Waals surface area contributed by atoms with Crippen molar-refractivity contribution in [3.63, 3.8) is 0 Å². The van der Waals surface area contributed by atoms with E-state index in [1.54, 1.807) is 57.7 Å². The normalized spacial score (nSPS) is 18.4. The highest BCUT2D eigenvalue weighted by Crippen LogP contribution is 2.40. The Balaban J connectivity index is 1.32. The van der Waals surface area contributed by atoms with E-state index in [1.165, 1.54) is 12.3 Å². The van der Waals surface area contributed by atoms with E-state index in [0.717, 1.165) is 17.9 Å². The van der Waals surface area contributed by atoms with Crippen molar-refractivity contribution >= 4 is 23.1 Å². The third-order valence-corrected chi connectivity index (χ3v) is 7.82. The van der Waals surface area contributed by atoms with E-state index in [0.29, 0.717) is 66.3 Å². The summed E-state index contributed by atoms with van der Waals surface area (Å²) < 4.78 is 45.7. The monoisotopic (exact) mass is 573 g/mol. The third kappa shape index (κ3) is 6.05. The van der Waals surface area contributed by atoms with Crippen LogP contribution >= 0.6 is 11.8 Å². The summed E-state index contributed by atoms with van der Waals surface area (Å²) in [5.41, 5.74) is 2.15. The molecule has 14 heteroatoms. The van der Waals surface area contributed by atoms with Crippen LogP contribution in [0.3, 0.4) is 0 Å². The quantitative estimate of drug-likeness (QED) is 0.218. The minimum absolute atomic E-state index is 0.00845. The van der Waals surface area contributed by atoms with Gasteiger partial charge in [0.1, 0.15) is 11.4 Å². The van der Waals surface area contributed by atoms with Gasteiger partial charge in [0, 0.05) is 48.2 Å². The van der Waals surface area contributed by atoms with Gasteiger partial charge in [-0.25, -0.2) is 9.50 Å². The lowest BCUT2D eigenvalue weighted by atomic mass is 10.1. The summed E-state index contributed by atoms with van der Waals surface area (Å²) in [5, 5.41) is 27.0. The molecule has 6 rings (SSSR count). The van der Waals surface area contributed by atoms with Crippen LogP contribution < -0.4 is 15.4 Å². The molecule has 0 spiro atoms. The first-order chi connectivity index (χ1) is 19.5. The fraction of sp³-hybridized carbons (Fsp3) is 0.423. The summed E-state index contributed by atoms with van der Waals surface area (Å²) in [6.45, 7) is 0.810. The lowest BCUT2D eigenvalue weighted by Gasteiger charge is -2.25. The predicted octanol–water partition coefficient (Wildman–Crippen LogP) is 3.17. The van der Waals surface area contributed by atoms with E-state index in [2.05, 4.69) is 20.7 Å². The molecule has 2 aliphatic rings. The van der Waals surface area contributed by atoms with Crippen LogP contribution in [0.1, 0.15) is 18.2 Å². The van der Waals surface area contributed by atoms with E-state index >= 15 is 0 Å². The van der Waals surface area contributed by atoms with Crippen LogP contribution in [0.4, 0.5) is 14.5 Å². The van der Waals surface area contributed by atoms with Crippen LogP contribution in [-0.2, 0) is 16.0 Å². The Morgan fingerprint density at radius 1 is 1.23 bits per heavy atom. The minimum atomic E-state index is -3.01. The molecule has 2 atom stereocenters. The van der Waals surface area contributed by atoms with Crippen LogP contribution in [0, 0.1) is 0 Å². The second kappa shape index (κ2) is 12.1. The van der Waals surface area contributed by atoms with Gasteiger partial charge in [-0.15, -0.1) is 11.8 Å². The molecule has 11 nitrogen and oxygen atoms in total. The Kier molecular flexibility index (Phi) is 8.11. The fourth-order valence-corrected chi connectivity index (χ4v) is 5.67. The second-order valence-corrected chi connectivity index (χ2v) is 10.9. The summed E-state index contributed by atoms with van der Waals surface area (Å²) in [6.07, 6.45) is 6.37. The van der Waals surface area contributed by atoms with Crippen molar-refractivity contribution in [3.05, 3.63) is 54.6 Å². The maximum absolute atomic E-state index is 13.4. The zero-order chi connectivity index (χ0) is 27.5. The molecule has 0 radical (unpaired) electrons. The molecule has 40 heavy (non-hydrogen) atoms. The van der Waals surface area contributed by atoms with Gasteiger partial charge in [0.2, 0.25) is 0 Å². The van der Waals surface area contributed by atoms with Crippen LogP contribution in [0.5, 0.6) is 5.75 Å². The number of rotatable bonds is 12. The van der Waals surface area contributed by atoms with E-state index in [-0.39, 0.29) is 11.8 Å². The Labute approximate surface area is 232 Å². The molecule has 0 bridgehead atoms. The summed E-state index contributed by atoms with van der Waals surface area (Å²) >= 11 is 1.61. The Morgan fingerprint density at radius 2 is 2.12 bits per heavy atom. The van der Waals surface area contributed by atoms with E-state index in [9.17, 15) is 13.9 Å². The van der Waals surface area contributed by atoms with Crippen molar-refractivity contribution < 1.29 is 28.1 Å². The third-order valence-electron chi connectivity index (χ3n) is 6.69. The number of anilines is 1. The lowest BCUT2D eigenvalue weighted by Crippen LogP contribution is -2.32. The molecule has 0 aliphatic carbocycles. The summed E-state index contributed by atoms with van der Waals surface area (Å²) in [7, 11) is 0. The van der Waals surface area contributed by atoms with Gasteiger partial charge >= 0.3 is 6.61 Å². The number of ether oxygens (including phenoxy) is 3. The van der Waals surface area contributed by atoms with Gasteiger partial charge in [0.15, 0.2) is 11.9 Å². The molecular formula is C26H29F2N7O4S. The molecule has 3 aromatic heterocycles. The van der Waals surface area contributed by atoms with Gasteiger partial charge in [0.25, 0.3) is 0 Å². The van der Waals surface area contributed by atoms with Crippen molar-refractivity contribution in [2.45, 2.75) is 42.0 Å². The number of fused-ring (bicyclic) bond motifs is 1. The van der Waals surface area contributed by atoms with Gasteiger partial charge in [-0.1, -0.05) is 0 Å². The van der Waals surface area contributed by atoms with Gasteiger partial charge < -0.3 is 30.0 Å². The van der Waals surface area contributed by atoms with E-state index in [4.69, 9.17) is 19.3 Å². The highest BCUT2D eigenvalue weighted by atomic mass is 32.2. The summed E-state index contributed by atoms with van der Waals surface area (Å²) in [6, 6.07) is 7.09. The maximum Gasteiger partial charge on any atom is 0.387 e. The lowest BCUT2D eigenvalue weighted by molar-refractivity contribution is -0.0494. The number of halogens is 2. The average Bonchev–Trinajstić information content (AvgIpc) is 3.67. The number of nitrogens with zero attached hydrogens (tertiary/aromatic N) is 5. The average molecular weight is 574 g/mol. The highest BCUT2D eigenvalue weighted by molar-refractivity contribution is 8.00. The molecule has 3 N–H and O–H groups in total. The first-order valence-electron chi connectivity index (χ1n) is 13.0. The maximum atomic E-state index is 13.4. The first-order valence-corrected chi connectivity index (χ1v) is 13.9. The van der Waals surface area contributed by atoms with Gasteiger partial charge in [-0.3, -0.25) is 4.68 Å². The van der Waals surface area contributed by atoms with Crippen molar-refractivity contribution in [2.24, 2.45) is 0 Å². The zero-order valence-electron chi connectivity index (χ0n) is 21.5. The molecule has 212 valence electrons. The Hall–Kier alpha value is -3.30. The van der Waals surface area contributed by atoms with Gasteiger partial charge in [-0.05, 0) is 30.7 Å². The van der Waals surface area contributed by atoms with Crippen molar-refractivity contribution in [2.75, 3.05) is 38.3 Å². The highest BCUT2D eigenvalue weighted by Gasteiger charge is 2.25. The van der Waals surface area contributed by atoms with Crippen LogP contribution in [0.2, 0.25) is 0 Å². The molecule has 0 amide bonds. The second-order valence-electron chi connectivity index (χ2n) is 9.52. The number of hydrogen-bond acceptors (Lipinski definition) is 10. The van der Waals surface area contributed by atoms with E-state index in [1.807, 2.05) is 0 Å². The number of aliphatic hydroxyl groups is 1. The van der Waals surface area contributed by atoms with Crippen LogP contribution in [-0.4, -0.2) is 80.4 Å². The predicted molar refractivity (Wildman–Crippen MR) is 144 cm³/mol. The summed E-state index contributed by atoms with van der Waals surface area (Å²) in [5.74, 6) is -0.00845. The number of thioether (sulfide) groups is 1. The van der Waals surface area contributed by atoms with Crippen molar-refractivity contribution in [1.29, 1.82) is 0 Å². The summed E-state index contributed by atoms with van der Waals surface area (Å²) in [4.78, 5) is 5.19. The molecule has 0 saturated carbocycles. The molecular weight excluding hydrogens is 544 g/mol. The van der Waals surface area contributed by atoms with Crippen molar-refractivity contribution in [1.82, 2.24) is 29.7 Å². The molecule has 2 saturated heterocycles. The Bertz CT molecular complexity index is 1440. The topological polar surface area (TPSA) is 120 Å². The zero-order valence-corrected chi connectivity index (χ0v) is 22.3. The number of hydrogen-bond donors (Lipinski definition) is 3. The number of aromatic nitrogens is 5. The Morgan fingerprint density at radius 3 is 2.90 bits per heavy atom. The molecule has 2 fully saturated rings. The SMILES string of the molecule is OC(Nc1cn(CCN[C@@H]2CCOC2)nc1-c1cc(SC2COC2)ccc1OC(F)F)c1cnn2cccnc12. The number of nitrogens with one attached hydrogen (secondary N) is 2. The number of alkyl halides is 2. The molecule has 1 unspecified atom stereocenters. The van der Waals surface area contributed by atoms with E-state index < -0.39 is 12.8 Å². The molecule has 1 aromatic carbocycles. The van der Waals surface area contributed by atoms with Crippen LogP contribution in [0.25, 0.3) is 16.9 Å². The smallest absolute Gasteiger partial charge is 0.387 e. The van der Waals surface area contributed by atoms with Gasteiger partial charge in [0.05, 0.1) is 49.1 Å². The number of benzene rings is 1. The standard InChI is InChI=1S/C26H29F2N7O4S/c27-26(28)39-22-3-2-17(40-18-14-38-15-18)10-19(22)23-21(12-34(33-23)8-6-29-16-4-9-37-13-16)32-25(36)20-11-31-35-7-1-5-30-24(20)35/h1-3,5,7,10-12,16,18,25-26,29,32,36H,4,6,8-9,13-15H2/t16-,25?/m1/s1.